The third-order valence-corrected chi connectivity index (χ3v) is 9.10. The van der Waals surface area contributed by atoms with Gasteiger partial charge in [0.2, 0.25) is 0 Å². The van der Waals surface area contributed by atoms with E-state index in [-0.39, 0.29) is 34.6 Å². The second-order valence-electron chi connectivity index (χ2n) is 7.62. The van der Waals surface area contributed by atoms with Crippen molar-refractivity contribution in [2.45, 2.75) is 49.9 Å². The molecule has 2 aliphatic heterocycles. The topological polar surface area (TPSA) is 66.8 Å². The summed E-state index contributed by atoms with van der Waals surface area (Å²) >= 11 is 7.43. The van der Waals surface area contributed by atoms with E-state index in [1.54, 1.807) is 0 Å². The van der Waals surface area contributed by atoms with Crippen molar-refractivity contribution in [2.24, 2.45) is 10.9 Å². The van der Waals surface area contributed by atoms with Crippen LogP contribution in [-0.2, 0) is 21.2 Å². The lowest BCUT2D eigenvalue weighted by Gasteiger charge is -2.25. The second-order valence-corrected chi connectivity index (χ2v) is 11.4. The molecule has 3 aliphatic rings. The number of nitrogens with zero attached hydrogens (tertiary/aromatic N) is 2. The normalized spacial score (nSPS) is 29.2. The van der Waals surface area contributed by atoms with Gasteiger partial charge in [-0.3, -0.25) is 4.79 Å². The molecule has 2 atom stereocenters. The molecule has 1 saturated carbocycles. The van der Waals surface area contributed by atoms with Crippen LogP contribution in [0.3, 0.4) is 0 Å². The smallest absolute Gasteiger partial charge is 0.251 e. The average Bonchev–Trinajstić information content (AvgIpc) is 3.10. The van der Waals surface area contributed by atoms with Crippen molar-refractivity contribution in [2.75, 3.05) is 11.5 Å². The predicted molar refractivity (Wildman–Crippen MR) is 110 cm³/mol. The highest BCUT2D eigenvalue weighted by Gasteiger charge is 2.48. The Morgan fingerprint density at radius 3 is 2.56 bits per heavy atom. The molecule has 2 saturated heterocycles. The van der Waals surface area contributed by atoms with Crippen molar-refractivity contribution < 1.29 is 13.2 Å². The van der Waals surface area contributed by atoms with Crippen LogP contribution in [0.15, 0.2) is 29.3 Å². The number of halogens is 1. The zero-order chi connectivity index (χ0) is 19.0. The average molecular weight is 427 g/mol. The number of sulfone groups is 1. The van der Waals surface area contributed by atoms with Gasteiger partial charge in [0, 0.05) is 22.7 Å². The highest BCUT2D eigenvalue weighted by Crippen LogP contribution is 2.39. The molecule has 3 fully saturated rings. The molecule has 8 heteroatoms. The minimum absolute atomic E-state index is 0.0217. The minimum Gasteiger partial charge on any atom is -0.342 e. The second kappa shape index (κ2) is 7.76. The molecular weight excluding hydrogens is 404 g/mol. The summed E-state index contributed by atoms with van der Waals surface area (Å²) in [5, 5.41) is 1.31. The summed E-state index contributed by atoms with van der Waals surface area (Å²) in [5.74, 6) is 0.278. The Morgan fingerprint density at radius 1 is 1.15 bits per heavy atom. The molecule has 146 valence electrons. The lowest BCUT2D eigenvalue weighted by atomic mass is 9.89. The summed E-state index contributed by atoms with van der Waals surface area (Å²) in [6, 6.07) is 7.41. The number of rotatable bonds is 3. The van der Waals surface area contributed by atoms with Gasteiger partial charge >= 0.3 is 0 Å². The Morgan fingerprint density at radius 2 is 1.85 bits per heavy atom. The molecule has 0 radical (unpaired) electrons. The lowest BCUT2D eigenvalue weighted by Crippen LogP contribution is -2.37. The maximum atomic E-state index is 12.7. The van der Waals surface area contributed by atoms with Gasteiger partial charge in [-0.15, -0.1) is 0 Å². The minimum atomic E-state index is -3.03. The molecule has 2 unspecified atom stereocenters. The van der Waals surface area contributed by atoms with Crippen LogP contribution >= 0.6 is 23.4 Å². The fourth-order valence-electron chi connectivity index (χ4n) is 4.14. The Kier molecular flexibility index (Phi) is 5.54. The third-order valence-electron chi connectivity index (χ3n) is 5.60. The number of hydrogen-bond acceptors (Lipinski definition) is 4. The lowest BCUT2D eigenvalue weighted by molar-refractivity contribution is -0.122. The Labute approximate surface area is 169 Å². The van der Waals surface area contributed by atoms with E-state index >= 15 is 0 Å². The molecule has 0 aromatic heterocycles. The summed E-state index contributed by atoms with van der Waals surface area (Å²) in [5.41, 5.74) is 1.03. The maximum absolute atomic E-state index is 12.7. The summed E-state index contributed by atoms with van der Waals surface area (Å²) in [7, 11) is -3.03. The number of amidine groups is 1. The number of aliphatic imine (C=N–C) groups is 1. The third kappa shape index (κ3) is 4.35. The van der Waals surface area contributed by atoms with Crippen molar-refractivity contribution in [1.29, 1.82) is 0 Å². The van der Waals surface area contributed by atoms with Crippen molar-refractivity contribution in [3.63, 3.8) is 0 Å². The van der Waals surface area contributed by atoms with Crippen LogP contribution in [-0.4, -0.2) is 47.2 Å². The highest BCUT2D eigenvalue weighted by atomic mass is 35.5. The molecule has 4 rings (SSSR count). The first-order valence-corrected chi connectivity index (χ1v) is 12.5. The monoisotopic (exact) mass is 426 g/mol. The van der Waals surface area contributed by atoms with Crippen LogP contribution in [0.5, 0.6) is 0 Å². The Bertz CT molecular complexity index is 848. The van der Waals surface area contributed by atoms with Crippen LogP contribution in [0, 0.1) is 5.92 Å². The Balaban J connectivity index is 1.58. The quantitative estimate of drug-likeness (QED) is 0.739. The van der Waals surface area contributed by atoms with Crippen molar-refractivity contribution >= 4 is 44.3 Å². The van der Waals surface area contributed by atoms with E-state index in [0.717, 1.165) is 31.2 Å². The largest absolute Gasteiger partial charge is 0.342 e. The number of carbonyl (C=O) groups excluding carboxylic acids is 1. The molecular formula is C19H23ClN2O3S2. The molecule has 1 aliphatic carbocycles. The van der Waals surface area contributed by atoms with Crippen molar-refractivity contribution in [3.05, 3.63) is 34.9 Å². The van der Waals surface area contributed by atoms with Gasteiger partial charge < -0.3 is 4.90 Å². The molecule has 0 bridgehead atoms. The standard InChI is InChI=1S/C19H23ClN2O3S2/c20-15-8-6-13(7-9-15)10-22-16-11-27(24,25)12-17(16)26-19(22)21-18(23)14-4-2-1-3-5-14/h6-9,14,16-17H,1-5,10-12H2. The van der Waals surface area contributed by atoms with Gasteiger partial charge in [0.05, 0.1) is 17.5 Å². The van der Waals surface area contributed by atoms with Crippen molar-refractivity contribution in [1.82, 2.24) is 4.90 Å². The zero-order valence-electron chi connectivity index (χ0n) is 15.0. The number of thioether (sulfide) groups is 1. The van der Waals surface area contributed by atoms with E-state index in [1.165, 1.54) is 18.2 Å². The fraction of sp³-hybridized carbons (Fsp3) is 0.579. The molecule has 2 heterocycles. The van der Waals surface area contributed by atoms with E-state index in [1.807, 2.05) is 29.2 Å². The molecule has 27 heavy (non-hydrogen) atoms. The van der Waals surface area contributed by atoms with Crippen LogP contribution < -0.4 is 0 Å². The van der Waals surface area contributed by atoms with E-state index in [2.05, 4.69) is 4.99 Å². The Hall–Kier alpha value is -1.05. The molecule has 0 spiro atoms. The zero-order valence-corrected chi connectivity index (χ0v) is 17.4. The van der Waals surface area contributed by atoms with Crippen LogP contribution in [0.25, 0.3) is 0 Å². The van der Waals surface area contributed by atoms with Gasteiger partial charge in [0.15, 0.2) is 15.0 Å². The number of fused-ring (bicyclic) bond motifs is 1. The van der Waals surface area contributed by atoms with E-state index in [9.17, 15) is 13.2 Å². The number of hydrogen-bond donors (Lipinski definition) is 0. The summed E-state index contributed by atoms with van der Waals surface area (Å²) in [6.45, 7) is 0.539. The van der Waals surface area contributed by atoms with Crippen LogP contribution in [0.4, 0.5) is 0 Å². The first-order chi connectivity index (χ1) is 12.9. The number of amides is 1. The molecule has 0 N–H and O–H groups in total. The number of benzene rings is 1. The van der Waals surface area contributed by atoms with Gasteiger partial charge in [-0.1, -0.05) is 54.8 Å². The number of carbonyl (C=O) groups is 1. The van der Waals surface area contributed by atoms with Crippen LogP contribution in [0.2, 0.25) is 5.02 Å². The van der Waals surface area contributed by atoms with Gasteiger partial charge in [-0.25, -0.2) is 8.42 Å². The van der Waals surface area contributed by atoms with Crippen LogP contribution in [0.1, 0.15) is 37.7 Å². The van der Waals surface area contributed by atoms with E-state index in [0.29, 0.717) is 16.7 Å². The summed E-state index contributed by atoms with van der Waals surface area (Å²) in [6.07, 6.45) is 5.20. The molecule has 1 aromatic rings. The van der Waals surface area contributed by atoms with Gasteiger partial charge in [-0.2, -0.15) is 4.99 Å². The fourth-order valence-corrected chi connectivity index (χ4v) is 8.22. The summed E-state index contributed by atoms with van der Waals surface area (Å²) < 4.78 is 24.2. The van der Waals surface area contributed by atoms with E-state index in [4.69, 9.17) is 11.6 Å². The van der Waals surface area contributed by atoms with Gasteiger partial charge in [0.1, 0.15) is 0 Å². The first-order valence-electron chi connectivity index (χ1n) is 9.42. The van der Waals surface area contributed by atoms with Gasteiger partial charge in [0.25, 0.3) is 5.91 Å². The first kappa shape index (κ1) is 19.3. The van der Waals surface area contributed by atoms with E-state index < -0.39 is 9.84 Å². The highest BCUT2D eigenvalue weighted by molar-refractivity contribution is 8.15. The SMILES string of the molecule is O=C(N=C1SC2CS(=O)(=O)CC2N1Cc1ccc(Cl)cc1)C1CCCCC1. The molecule has 5 nitrogen and oxygen atoms in total. The van der Waals surface area contributed by atoms with Crippen molar-refractivity contribution in [3.8, 4) is 0 Å². The summed E-state index contributed by atoms with van der Waals surface area (Å²) in [4.78, 5) is 19.2. The molecule has 1 aromatic carbocycles. The predicted octanol–water partition coefficient (Wildman–Crippen LogP) is 3.52. The van der Waals surface area contributed by atoms with Gasteiger partial charge in [-0.05, 0) is 30.5 Å². The molecule has 1 amide bonds. The maximum Gasteiger partial charge on any atom is 0.251 e.